The molecular weight excluding hydrogens is 270 g/mol. The van der Waals surface area contributed by atoms with Crippen LogP contribution in [0.3, 0.4) is 0 Å². The van der Waals surface area contributed by atoms with E-state index >= 15 is 0 Å². The summed E-state index contributed by atoms with van der Waals surface area (Å²) in [6.45, 7) is 6.72. The van der Waals surface area contributed by atoms with Crippen molar-refractivity contribution in [3.8, 4) is 0 Å². The van der Waals surface area contributed by atoms with Gasteiger partial charge in [-0.05, 0) is 29.3 Å². The molecule has 0 radical (unpaired) electrons. The Morgan fingerprint density at radius 3 is 2.69 bits per heavy atom. The first-order valence-electron chi connectivity index (χ1n) is 5.60. The van der Waals surface area contributed by atoms with Crippen LogP contribution in [0.25, 0.3) is 0 Å². The lowest BCUT2D eigenvalue weighted by atomic mass is 10.0. The molecule has 1 N–H and O–H groups in total. The van der Waals surface area contributed by atoms with E-state index in [0.29, 0.717) is 6.61 Å². The summed E-state index contributed by atoms with van der Waals surface area (Å²) in [6.07, 6.45) is 0.938. The van der Waals surface area contributed by atoms with Gasteiger partial charge >= 0.3 is 0 Å². The highest BCUT2D eigenvalue weighted by molar-refractivity contribution is 9.10. The molecule has 0 aliphatic carbocycles. The molecule has 0 aromatic carbocycles. The quantitative estimate of drug-likeness (QED) is 0.915. The summed E-state index contributed by atoms with van der Waals surface area (Å²) in [5, 5.41) is 7.67. The minimum atomic E-state index is -0.00388. The van der Waals surface area contributed by atoms with Crippen molar-refractivity contribution in [3.05, 3.63) is 15.9 Å². The monoisotopic (exact) mass is 287 g/mol. The second-order valence-electron chi connectivity index (χ2n) is 4.53. The zero-order valence-corrected chi connectivity index (χ0v) is 11.6. The number of rotatable bonds is 4. The third-order valence-electron chi connectivity index (χ3n) is 3.06. The van der Waals surface area contributed by atoms with Crippen molar-refractivity contribution in [1.82, 2.24) is 15.1 Å². The SMILES string of the molecule is CCc1nn(C)c(COC2(C)CNC2)c1Br. The van der Waals surface area contributed by atoms with Gasteiger partial charge in [-0.2, -0.15) is 5.10 Å². The van der Waals surface area contributed by atoms with Crippen molar-refractivity contribution in [2.24, 2.45) is 7.05 Å². The molecule has 1 aliphatic heterocycles. The van der Waals surface area contributed by atoms with Crippen LogP contribution in [-0.2, 0) is 24.8 Å². The highest BCUT2D eigenvalue weighted by atomic mass is 79.9. The van der Waals surface area contributed by atoms with Gasteiger partial charge in [0.15, 0.2) is 0 Å². The maximum absolute atomic E-state index is 5.92. The molecule has 1 saturated heterocycles. The zero-order chi connectivity index (χ0) is 11.8. The van der Waals surface area contributed by atoms with E-state index in [1.807, 2.05) is 11.7 Å². The predicted octanol–water partition coefficient (Wildman–Crippen LogP) is 1.62. The van der Waals surface area contributed by atoms with Crippen LogP contribution in [0, 0.1) is 0 Å². The number of nitrogens with one attached hydrogen (secondary N) is 1. The molecule has 0 unspecified atom stereocenters. The second kappa shape index (κ2) is 4.47. The minimum Gasteiger partial charge on any atom is -0.366 e. The molecule has 0 amide bonds. The van der Waals surface area contributed by atoms with Crippen molar-refractivity contribution in [3.63, 3.8) is 0 Å². The fourth-order valence-corrected chi connectivity index (χ4v) is 2.53. The summed E-state index contributed by atoms with van der Waals surface area (Å²) in [6, 6.07) is 0. The third-order valence-corrected chi connectivity index (χ3v) is 3.97. The fraction of sp³-hybridized carbons (Fsp3) is 0.727. The van der Waals surface area contributed by atoms with Crippen molar-refractivity contribution in [1.29, 1.82) is 0 Å². The lowest BCUT2D eigenvalue weighted by molar-refractivity contribution is -0.0788. The van der Waals surface area contributed by atoms with Crippen LogP contribution in [0.5, 0.6) is 0 Å². The van der Waals surface area contributed by atoms with E-state index in [2.05, 4.69) is 40.2 Å². The van der Waals surface area contributed by atoms with E-state index in [9.17, 15) is 0 Å². The minimum absolute atomic E-state index is 0.00388. The Kier molecular flexibility index (Phi) is 3.37. The first-order chi connectivity index (χ1) is 7.56. The summed E-state index contributed by atoms with van der Waals surface area (Å²) in [5.41, 5.74) is 2.21. The number of ether oxygens (including phenoxy) is 1. The molecule has 0 spiro atoms. The number of aryl methyl sites for hydroxylation is 2. The molecule has 0 saturated carbocycles. The lowest BCUT2D eigenvalue weighted by Crippen LogP contribution is -2.58. The zero-order valence-electron chi connectivity index (χ0n) is 10.0. The van der Waals surface area contributed by atoms with E-state index in [-0.39, 0.29) is 5.60 Å². The summed E-state index contributed by atoms with van der Waals surface area (Å²) in [7, 11) is 1.96. The molecule has 1 aliphatic rings. The van der Waals surface area contributed by atoms with Gasteiger partial charge in [0.1, 0.15) is 0 Å². The molecule has 1 aromatic rings. The van der Waals surface area contributed by atoms with Gasteiger partial charge in [-0.1, -0.05) is 6.92 Å². The molecule has 0 atom stereocenters. The van der Waals surface area contributed by atoms with Crippen LogP contribution in [0.15, 0.2) is 4.47 Å². The van der Waals surface area contributed by atoms with Crippen molar-refractivity contribution in [2.45, 2.75) is 32.5 Å². The average Bonchev–Trinajstić information content (AvgIpc) is 2.49. The summed E-state index contributed by atoms with van der Waals surface area (Å²) < 4.78 is 8.91. The Bertz CT molecular complexity index is 385. The average molecular weight is 288 g/mol. The lowest BCUT2D eigenvalue weighted by Gasteiger charge is -2.39. The molecule has 1 fully saturated rings. The van der Waals surface area contributed by atoms with Crippen LogP contribution in [0.2, 0.25) is 0 Å². The smallest absolute Gasteiger partial charge is 0.0907 e. The Morgan fingerprint density at radius 1 is 1.56 bits per heavy atom. The van der Waals surface area contributed by atoms with Crippen molar-refractivity contribution in [2.75, 3.05) is 13.1 Å². The molecule has 16 heavy (non-hydrogen) atoms. The molecule has 2 heterocycles. The highest BCUT2D eigenvalue weighted by Crippen LogP contribution is 2.25. The first kappa shape index (κ1) is 12.1. The van der Waals surface area contributed by atoms with E-state index in [1.54, 1.807) is 0 Å². The Hall–Kier alpha value is -0.390. The van der Waals surface area contributed by atoms with E-state index in [1.165, 1.54) is 0 Å². The number of aromatic nitrogens is 2. The largest absolute Gasteiger partial charge is 0.366 e. The standard InChI is InChI=1S/C11H18BrN3O/c1-4-8-10(12)9(15(3)14-8)5-16-11(2)6-13-7-11/h13H,4-7H2,1-3H3. The van der Waals surface area contributed by atoms with Crippen LogP contribution in [0.4, 0.5) is 0 Å². The van der Waals surface area contributed by atoms with Crippen LogP contribution in [0.1, 0.15) is 25.2 Å². The fourth-order valence-electron chi connectivity index (χ4n) is 1.80. The highest BCUT2D eigenvalue weighted by Gasteiger charge is 2.33. The van der Waals surface area contributed by atoms with Gasteiger partial charge in [0.25, 0.3) is 0 Å². The Labute approximate surface area is 104 Å². The molecule has 5 heteroatoms. The van der Waals surface area contributed by atoms with Gasteiger partial charge in [-0.3, -0.25) is 4.68 Å². The molecule has 90 valence electrons. The van der Waals surface area contributed by atoms with Gasteiger partial charge < -0.3 is 10.1 Å². The van der Waals surface area contributed by atoms with Gasteiger partial charge in [-0.25, -0.2) is 0 Å². The van der Waals surface area contributed by atoms with E-state index in [4.69, 9.17) is 4.74 Å². The predicted molar refractivity (Wildman–Crippen MR) is 66.3 cm³/mol. The van der Waals surface area contributed by atoms with Crippen molar-refractivity contribution < 1.29 is 4.74 Å². The van der Waals surface area contributed by atoms with Gasteiger partial charge in [-0.15, -0.1) is 0 Å². The first-order valence-corrected chi connectivity index (χ1v) is 6.40. The maximum atomic E-state index is 5.92. The van der Waals surface area contributed by atoms with Crippen LogP contribution >= 0.6 is 15.9 Å². The molecule has 1 aromatic heterocycles. The second-order valence-corrected chi connectivity index (χ2v) is 5.32. The maximum Gasteiger partial charge on any atom is 0.0907 e. The van der Waals surface area contributed by atoms with Gasteiger partial charge in [0, 0.05) is 20.1 Å². The normalized spacial score (nSPS) is 18.5. The molecule has 2 rings (SSSR count). The molecule has 4 nitrogen and oxygen atoms in total. The molecule has 0 bridgehead atoms. The van der Waals surface area contributed by atoms with Gasteiger partial charge in [0.05, 0.1) is 28.1 Å². The van der Waals surface area contributed by atoms with Gasteiger partial charge in [0.2, 0.25) is 0 Å². The topological polar surface area (TPSA) is 39.1 Å². The van der Waals surface area contributed by atoms with Crippen LogP contribution < -0.4 is 5.32 Å². The number of halogens is 1. The Morgan fingerprint density at radius 2 is 2.25 bits per heavy atom. The number of hydrogen-bond donors (Lipinski definition) is 1. The molecular formula is C11H18BrN3O. The van der Waals surface area contributed by atoms with E-state index in [0.717, 1.165) is 35.4 Å². The summed E-state index contributed by atoms with van der Waals surface area (Å²) in [5.74, 6) is 0. The third kappa shape index (κ3) is 2.17. The summed E-state index contributed by atoms with van der Waals surface area (Å²) in [4.78, 5) is 0. The number of nitrogens with zero attached hydrogens (tertiary/aromatic N) is 2. The summed E-state index contributed by atoms with van der Waals surface area (Å²) >= 11 is 3.59. The van der Waals surface area contributed by atoms with E-state index < -0.39 is 0 Å². The van der Waals surface area contributed by atoms with Crippen LogP contribution in [-0.4, -0.2) is 28.5 Å². The van der Waals surface area contributed by atoms with Crippen molar-refractivity contribution >= 4 is 15.9 Å². The Balaban J connectivity index is 2.06. The number of hydrogen-bond acceptors (Lipinski definition) is 3.